The summed E-state index contributed by atoms with van der Waals surface area (Å²) in [5.74, 6) is 0. The van der Waals surface area contributed by atoms with Crippen molar-refractivity contribution in [1.29, 1.82) is 0 Å². The number of anilines is 2. The first-order valence-electron chi connectivity index (χ1n) is 6.47. The van der Waals surface area contributed by atoms with E-state index < -0.39 is 0 Å². The highest BCUT2D eigenvalue weighted by atomic mass is 79.9. The van der Waals surface area contributed by atoms with Crippen LogP contribution >= 0.6 is 28.1 Å². The Morgan fingerprint density at radius 1 is 1.20 bits per heavy atom. The second-order valence-electron chi connectivity index (χ2n) is 4.69. The van der Waals surface area contributed by atoms with Gasteiger partial charge in [0.1, 0.15) is 4.99 Å². The summed E-state index contributed by atoms with van der Waals surface area (Å²) in [5, 5.41) is 3.44. The molecular formula is C16H17BrN2S. The third-order valence-corrected chi connectivity index (χ3v) is 3.87. The van der Waals surface area contributed by atoms with Crippen molar-refractivity contribution in [2.24, 2.45) is 5.73 Å². The van der Waals surface area contributed by atoms with Crippen LogP contribution in [0.1, 0.15) is 23.6 Å². The van der Waals surface area contributed by atoms with Gasteiger partial charge in [-0.1, -0.05) is 46.7 Å². The van der Waals surface area contributed by atoms with E-state index in [9.17, 15) is 0 Å². The summed E-state index contributed by atoms with van der Waals surface area (Å²) in [6.45, 7) is 4.17. The number of aryl methyl sites for hydroxylation is 2. The molecule has 0 spiro atoms. The largest absolute Gasteiger partial charge is 0.389 e. The van der Waals surface area contributed by atoms with Gasteiger partial charge in [-0.15, -0.1) is 0 Å². The molecule has 0 fully saturated rings. The van der Waals surface area contributed by atoms with Crippen molar-refractivity contribution in [1.82, 2.24) is 0 Å². The van der Waals surface area contributed by atoms with Gasteiger partial charge in [-0.25, -0.2) is 0 Å². The Kier molecular flexibility index (Phi) is 4.78. The summed E-state index contributed by atoms with van der Waals surface area (Å²) in [4.78, 5) is 0.409. The first kappa shape index (κ1) is 15.0. The lowest BCUT2D eigenvalue weighted by atomic mass is 10.1. The molecule has 0 aliphatic rings. The molecule has 0 aliphatic carbocycles. The van der Waals surface area contributed by atoms with Crippen LogP contribution in [0.3, 0.4) is 0 Å². The number of nitrogens with two attached hydrogens (primary N) is 1. The molecule has 0 aromatic heterocycles. The maximum atomic E-state index is 5.82. The zero-order valence-electron chi connectivity index (χ0n) is 11.5. The normalized spacial score (nSPS) is 10.3. The van der Waals surface area contributed by atoms with Crippen molar-refractivity contribution in [3.8, 4) is 0 Å². The standard InChI is InChI=1S/C16H17BrN2S/c1-3-11-9-12(17)5-7-14(11)19-15-6-4-10(2)8-13(15)16(18)20/h4-9,19H,3H2,1-2H3,(H2,18,20). The van der Waals surface area contributed by atoms with Crippen LogP contribution in [0.2, 0.25) is 0 Å². The van der Waals surface area contributed by atoms with Crippen molar-refractivity contribution in [2.75, 3.05) is 5.32 Å². The van der Waals surface area contributed by atoms with Gasteiger partial charge in [0, 0.05) is 21.4 Å². The fourth-order valence-corrected chi connectivity index (χ4v) is 2.67. The Labute approximate surface area is 133 Å². The molecule has 3 N–H and O–H groups in total. The highest BCUT2D eigenvalue weighted by Gasteiger charge is 2.08. The number of halogens is 1. The monoisotopic (exact) mass is 348 g/mol. The fourth-order valence-electron chi connectivity index (χ4n) is 2.09. The Morgan fingerprint density at radius 2 is 1.90 bits per heavy atom. The zero-order chi connectivity index (χ0) is 14.7. The minimum Gasteiger partial charge on any atom is -0.389 e. The first-order valence-corrected chi connectivity index (χ1v) is 7.67. The van der Waals surface area contributed by atoms with Gasteiger partial charge in [-0.2, -0.15) is 0 Å². The molecule has 0 saturated heterocycles. The Morgan fingerprint density at radius 3 is 2.55 bits per heavy atom. The maximum Gasteiger partial charge on any atom is 0.106 e. The Hall–Kier alpha value is -1.39. The van der Waals surface area contributed by atoms with Crippen LogP contribution in [-0.2, 0) is 6.42 Å². The van der Waals surface area contributed by atoms with Gasteiger partial charge in [0.25, 0.3) is 0 Å². The van der Waals surface area contributed by atoms with Crippen LogP contribution in [0.4, 0.5) is 11.4 Å². The van der Waals surface area contributed by atoms with Gasteiger partial charge in [0.05, 0.1) is 0 Å². The summed E-state index contributed by atoms with van der Waals surface area (Å²) in [7, 11) is 0. The van der Waals surface area contributed by atoms with E-state index in [1.54, 1.807) is 0 Å². The van der Waals surface area contributed by atoms with Gasteiger partial charge in [-0.3, -0.25) is 0 Å². The summed E-state index contributed by atoms with van der Waals surface area (Å²) >= 11 is 8.64. The van der Waals surface area contributed by atoms with E-state index in [1.165, 1.54) is 5.56 Å². The molecule has 0 heterocycles. The lowest BCUT2D eigenvalue weighted by Gasteiger charge is -2.15. The minimum atomic E-state index is 0.409. The van der Waals surface area contributed by atoms with Gasteiger partial charge in [0.2, 0.25) is 0 Å². The molecule has 0 aliphatic heterocycles. The van der Waals surface area contributed by atoms with E-state index in [0.717, 1.165) is 33.4 Å². The van der Waals surface area contributed by atoms with Crippen molar-refractivity contribution in [2.45, 2.75) is 20.3 Å². The predicted molar refractivity (Wildman–Crippen MR) is 93.9 cm³/mol. The summed E-state index contributed by atoms with van der Waals surface area (Å²) in [5.41, 5.74) is 11.1. The van der Waals surface area contributed by atoms with Crippen LogP contribution in [0.15, 0.2) is 40.9 Å². The minimum absolute atomic E-state index is 0.409. The molecule has 0 saturated carbocycles. The molecule has 0 radical (unpaired) electrons. The third kappa shape index (κ3) is 3.38. The van der Waals surface area contributed by atoms with Crippen LogP contribution in [0.5, 0.6) is 0 Å². The number of benzene rings is 2. The molecule has 2 aromatic carbocycles. The second kappa shape index (κ2) is 6.37. The van der Waals surface area contributed by atoms with E-state index in [4.69, 9.17) is 18.0 Å². The summed E-state index contributed by atoms with van der Waals surface area (Å²) in [6, 6.07) is 12.3. The van der Waals surface area contributed by atoms with E-state index in [1.807, 2.05) is 25.1 Å². The SMILES string of the molecule is CCc1cc(Br)ccc1Nc1ccc(C)cc1C(N)=S. The average molecular weight is 349 g/mol. The average Bonchev–Trinajstić information content (AvgIpc) is 2.42. The highest BCUT2D eigenvalue weighted by Crippen LogP contribution is 2.27. The van der Waals surface area contributed by atoms with E-state index >= 15 is 0 Å². The van der Waals surface area contributed by atoms with Crippen LogP contribution in [0.25, 0.3) is 0 Å². The van der Waals surface area contributed by atoms with Crippen LogP contribution < -0.4 is 11.1 Å². The second-order valence-corrected chi connectivity index (χ2v) is 6.05. The lowest BCUT2D eigenvalue weighted by molar-refractivity contribution is 1.14. The molecule has 2 rings (SSSR count). The van der Waals surface area contributed by atoms with E-state index in [0.29, 0.717) is 4.99 Å². The molecule has 2 nitrogen and oxygen atoms in total. The van der Waals surface area contributed by atoms with E-state index in [2.05, 4.69) is 46.4 Å². The van der Waals surface area contributed by atoms with Gasteiger partial charge in [-0.05, 0) is 49.2 Å². The summed E-state index contributed by atoms with van der Waals surface area (Å²) in [6.07, 6.45) is 0.954. The molecule has 4 heteroatoms. The third-order valence-electron chi connectivity index (χ3n) is 3.16. The molecule has 20 heavy (non-hydrogen) atoms. The smallest absolute Gasteiger partial charge is 0.106 e. The quantitative estimate of drug-likeness (QED) is 0.786. The van der Waals surface area contributed by atoms with Crippen LogP contribution in [-0.4, -0.2) is 4.99 Å². The van der Waals surface area contributed by atoms with Gasteiger partial charge in [0.15, 0.2) is 0 Å². The number of hydrogen-bond acceptors (Lipinski definition) is 2. The molecule has 0 bridgehead atoms. The molecule has 0 amide bonds. The predicted octanol–water partition coefficient (Wildman–Crippen LogP) is 4.70. The number of nitrogens with one attached hydrogen (secondary N) is 1. The molecular weight excluding hydrogens is 332 g/mol. The molecule has 2 aromatic rings. The lowest BCUT2D eigenvalue weighted by Crippen LogP contribution is -2.12. The Bertz CT molecular complexity index is 653. The fraction of sp³-hybridized carbons (Fsp3) is 0.188. The molecule has 104 valence electrons. The Balaban J connectivity index is 2.42. The van der Waals surface area contributed by atoms with Crippen LogP contribution in [0, 0.1) is 6.92 Å². The zero-order valence-corrected chi connectivity index (χ0v) is 13.9. The molecule has 0 atom stereocenters. The number of thiocarbonyl (C=S) groups is 1. The van der Waals surface area contributed by atoms with Crippen molar-refractivity contribution in [3.63, 3.8) is 0 Å². The van der Waals surface area contributed by atoms with Crippen molar-refractivity contribution in [3.05, 3.63) is 57.6 Å². The number of rotatable bonds is 4. The van der Waals surface area contributed by atoms with E-state index in [-0.39, 0.29) is 0 Å². The summed E-state index contributed by atoms with van der Waals surface area (Å²) < 4.78 is 1.08. The van der Waals surface area contributed by atoms with Gasteiger partial charge < -0.3 is 11.1 Å². The van der Waals surface area contributed by atoms with Gasteiger partial charge >= 0.3 is 0 Å². The van der Waals surface area contributed by atoms with Crippen molar-refractivity contribution >= 4 is 44.5 Å². The van der Waals surface area contributed by atoms with Crippen molar-refractivity contribution < 1.29 is 0 Å². The highest BCUT2D eigenvalue weighted by molar-refractivity contribution is 9.10. The topological polar surface area (TPSA) is 38.0 Å². The maximum absolute atomic E-state index is 5.82. The first-order chi connectivity index (χ1) is 9.51. The number of hydrogen-bond donors (Lipinski definition) is 2. The molecule has 0 unspecified atom stereocenters.